The minimum absolute atomic E-state index is 0.0451. The van der Waals surface area contributed by atoms with Crippen molar-refractivity contribution in [1.29, 1.82) is 0 Å². The lowest BCUT2D eigenvalue weighted by Crippen LogP contribution is -2.30. The quantitative estimate of drug-likeness (QED) is 0.774. The van der Waals surface area contributed by atoms with E-state index in [1.165, 1.54) is 13.2 Å². The van der Waals surface area contributed by atoms with Gasteiger partial charge >= 0.3 is 0 Å². The molecular formula is C13H18BrClN2O3S. The van der Waals surface area contributed by atoms with Gasteiger partial charge in [0.05, 0.1) is 11.6 Å². The van der Waals surface area contributed by atoms with E-state index in [2.05, 4.69) is 26.0 Å². The highest BCUT2D eigenvalue weighted by Gasteiger charge is 2.23. The highest BCUT2D eigenvalue weighted by atomic mass is 79.9. The van der Waals surface area contributed by atoms with Crippen LogP contribution in [0.25, 0.3) is 0 Å². The van der Waals surface area contributed by atoms with Gasteiger partial charge in [0.15, 0.2) is 5.75 Å². The van der Waals surface area contributed by atoms with Crippen LogP contribution in [0, 0.1) is 0 Å². The van der Waals surface area contributed by atoms with Gasteiger partial charge in [-0.3, -0.25) is 0 Å². The van der Waals surface area contributed by atoms with Crippen LogP contribution in [0.4, 0.5) is 0 Å². The Bertz CT molecular complexity index is 604. The maximum atomic E-state index is 12.4. The van der Waals surface area contributed by atoms with E-state index < -0.39 is 10.0 Å². The first-order valence-electron chi connectivity index (χ1n) is 6.70. The fraction of sp³-hybridized carbons (Fsp3) is 0.538. The van der Waals surface area contributed by atoms with Crippen LogP contribution in [0.1, 0.15) is 19.3 Å². The summed E-state index contributed by atoms with van der Waals surface area (Å²) in [7, 11) is -2.23. The van der Waals surface area contributed by atoms with Crippen LogP contribution in [-0.2, 0) is 10.0 Å². The number of hydrogen-bond acceptors (Lipinski definition) is 4. The maximum absolute atomic E-state index is 12.4. The molecule has 118 valence electrons. The third kappa shape index (κ3) is 4.32. The zero-order chi connectivity index (χ0) is 15.5. The van der Waals surface area contributed by atoms with E-state index in [-0.39, 0.29) is 10.6 Å². The first-order valence-corrected chi connectivity index (χ1v) is 9.35. The Morgan fingerprint density at radius 3 is 2.90 bits per heavy atom. The number of methoxy groups -OCH3 is 1. The second-order valence-corrected chi connectivity index (χ2v) is 7.92. The number of ether oxygens (including phenoxy) is 1. The molecule has 8 heteroatoms. The monoisotopic (exact) mass is 396 g/mol. The van der Waals surface area contributed by atoms with Gasteiger partial charge in [0.1, 0.15) is 4.90 Å². The Hall–Kier alpha value is -0.340. The Morgan fingerprint density at radius 1 is 1.52 bits per heavy atom. The van der Waals surface area contributed by atoms with Crippen molar-refractivity contribution in [3.8, 4) is 5.75 Å². The lowest BCUT2D eigenvalue weighted by molar-refractivity contribution is 0.399. The summed E-state index contributed by atoms with van der Waals surface area (Å²) in [5.74, 6) is 0.255. The summed E-state index contributed by atoms with van der Waals surface area (Å²) in [4.78, 5) is 0.0451. The molecule has 1 heterocycles. The molecule has 0 amide bonds. The molecule has 0 spiro atoms. The summed E-state index contributed by atoms with van der Waals surface area (Å²) < 4.78 is 33.1. The maximum Gasteiger partial charge on any atom is 0.244 e. The molecule has 0 aromatic heterocycles. The average molecular weight is 398 g/mol. The minimum atomic E-state index is -3.66. The van der Waals surface area contributed by atoms with Crippen molar-refractivity contribution >= 4 is 37.6 Å². The second kappa shape index (κ2) is 7.28. The lowest BCUT2D eigenvalue weighted by Gasteiger charge is -2.14. The predicted octanol–water partition coefficient (Wildman–Crippen LogP) is 2.53. The second-order valence-electron chi connectivity index (χ2n) is 4.90. The number of sulfonamides is 1. The topological polar surface area (TPSA) is 67.4 Å². The van der Waals surface area contributed by atoms with Crippen molar-refractivity contribution in [3.63, 3.8) is 0 Å². The summed E-state index contributed by atoms with van der Waals surface area (Å²) in [6.45, 7) is 1.39. The Morgan fingerprint density at radius 2 is 2.29 bits per heavy atom. The summed E-state index contributed by atoms with van der Waals surface area (Å²) in [6, 6.07) is 3.38. The molecule has 1 saturated heterocycles. The number of halogens is 2. The van der Waals surface area contributed by atoms with Crippen LogP contribution in [0.2, 0.25) is 5.02 Å². The lowest BCUT2D eigenvalue weighted by atomic mass is 10.2. The fourth-order valence-corrected chi connectivity index (χ4v) is 4.81. The van der Waals surface area contributed by atoms with Gasteiger partial charge in [-0.25, -0.2) is 13.1 Å². The molecule has 0 bridgehead atoms. The zero-order valence-corrected chi connectivity index (χ0v) is 14.8. The van der Waals surface area contributed by atoms with Crippen LogP contribution in [-0.4, -0.2) is 34.7 Å². The first-order chi connectivity index (χ1) is 9.94. The molecule has 1 aliphatic rings. The van der Waals surface area contributed by atoms with Crippen molar-refractivity contribution in [2.75, 3.05) is 20.2 Å². The van der Waals surface area contributed by atoms with Crippen LogP contribution < -0.4 is 14.8 Å². The molecule has 21 heavy (non-hydrogen) atoms. The number of benzene rings is 1. The van der Waals surface area contributed by atoms with Crippen LogP contribution in [0.15, 0.2) is 21.5 Å². The summed E-state index contributed by atoms with van der Waals surface area (Å²) in [5.41, 5.74) is 0. The van der Waals surface area contributed by atoms with Gasteiger partial charge in [-0.2, -0.15) is 0 Å². The summed E-state index contributed by atoms with van der Waals surface area (Å²) in [5, 5.41) is 3.67. The molecule has 5 nitrogen and oxygen atoms in total. The van der Waals surface area contributed by atoms with Gasteiger partial charge in [-0.15, -0.1) is 0 Å². The third-order valence-corrected chi connectivity index (χ3v) is 5.69. The molecule has 1 fully saturated rings. The standard InChI is InChI=1S/C13H18BrClN2O3S/c1-20-13-11(14)7-9(15)8-12(13)21(18,19)17-6-4-10-3-2-5-16-10/h7-8,10,16-17H,2-6H2,1H3/t10-/m1/s1. The molecule has 0 saturated carbocycles. The van der Waals surface area contributed by atoms with E-state index >= 15 is 0 Å². The molecule has 0 radical (unpaired) electrons. The third-order valence-electron chi connectivity index (χ3n) is 3.42. The molecule has 0 unspecified atom stereocenters. The van der Waals surface area contributed by atoms with Gasteiger partial charge < -0.3 is 10.1 Å². The highest BCUT2D eigenvalue weighted by molar-refractivity contribution is 9.10. The molecule has 0 aliphatic carbocycles. The average Bonchev–Trinajstić information content (AvgIpc) is 2.91. The number of nitrogens with one attached hydrogen (secondary N) is 2. The first kappa shape index (κ1) is 17.0. The molecule has 2 N–H and O–H groups in total. The van der Waals surface area contributed by atoms with Crippen molar-refractivity contribution in [1.82, 2.24) is 10.0 Å². The Labute approximate surface area is 138 Å². The van der Waals surface area contributed by atoms with E-state index in [0.29, 0.717) is 22.1 Å². The normalized spacial score (nSPS) is 18.9. The smallest absolute Gasteiger partial charge is 0.244 e. The molecule has 2 rings (SSSR count). The predicted molar refractivity (Wildman–Crippen MR) is 86.5 cm³/mol. The number of hydrogen-bond donors (Lipinski definition) is 2. The molecule has 1 atom stereocenters. The van der Waals surface area contributed by atoms with Gasteiger partial charge in [0.25, 0.3) is 0 Å². The molecule has 1 aromatic carbocycles. The zero-order valence-electron chi connectivity index (χ0n) is 11.7. The van der Waals surface area contributed by atoms with Crippen molar-refractivity contribution < 1.29 is 13.2 Å². The Balaban J connectivity index is 2.11. The van der Waals surface area contributed by atoms with Crippen molar-refractivity contribution in [2.45, 2.75) is 30.2 Å². The SMILES string of the molecule is COc1c(Br)cc(Cl)cc1S(=O)(=O)NCC[C@H]1CCCN1. The van der Waals surface area contributed by atoms with Gasteiger partial charge in [0, 0.05) is 17.6 Å². The van der Waals surface area contributed by atoms with E-state index in [9.17, 15) is 8.42 Å². The Kier molecular flexibility index (Phi) is 5.90. The van der Waals surface area contributed by atoms with Crippen LogP contribution >= 0.6 is 27.5 Å². The van der Waals surface area contributed by atoms with E-state index in [0.717, 1.165) is 25.8 Å². The van der Waals surface area contributed by atoms with E-state index in [4.69, 9.17) is 16.3 Å². The largest absolute Gasteiger partial charge is 0.494 e. The summed E-state index contributed by atoms with van der Waals surface area (Å²) in [6.07, 6.45) is 3.00. The van der Waals surface area contributed by atoms with Crippen molar-refractivity contribution in [3.05, 3.63) is 21.6 Å². The van der Waals surface area contributed by atoms with E-state index in [1.807, 2.05) is 0 Å². The minimum Gasteiger partial charge on any atom is -0.494 e. The number of rotatable bonds is 6. The van der Waals surface area contributed by atoms with Crippen LogP contribution in [0.5, 0.6) is 5.75 Å². The van der Waals surface area contributed by atoms with Crippen molar-refractivity contribution in [2.24, 2.45) is 0 Å². The highest BCUT2D eigenvalue weighted by Crippen LogP contribution is 2.35. The fourth-order valence-electron chi connectivity index (χ4n) is 2.38. The van der Waals surface area contributed by atoms with Gasteiger partial charge in [0.2, 0.25) is 10.0 Å². The molecular weight excluding hydrogens is 380 g/mol. The van der Waals surface area contributed by atoms with Crippen LogP contribution in [0.3, 0.4) is 0 Å². The molecule has 1 aromatic rings. The molecule has 1 aliphatic heterocycles. The van der Waals surface area contributed by atoms with Gasteiger partial charge in [-0.1, -0.05) is 11.6 Å². The van der Waals surface area contributed by atoms with E-state index in [1.54, 1.807) is 6.07 Å². The summed E-state index contributed by atoms with van der Waals surface area (Å²) >= 11 is 9.20. The van der Waals surface area contributed by atoms with Gasteiger partial charge in [-0.05, 0) is 53.9 Å².